The second-order valence-electron chi connectivity index (χ2n) is 5.04. The fourth-order valence-electron chi connectivity index (χ4n) is 2.79. The number of rotatable bonds is 1. The third kappa shape index (κ3) is 1.62. The van der Waals surface area contributed by atoms with E-state index in [4.69, 9.17) is 0 Å². The van der Waals surface area contributed by atoms with E-state index in [9.17, 15) is 5.11 Å². The zero-order chi connectivity index (χ0) is 9.47. The molecule has 0 bridgehead atoms. The summed E-state index contributed by atoms with van der Waals surface area (Å²) in [7, 11) is 0. The van der Waals surface area contributed by atoms with Crippen molar-refractivity contribution >= 4 is 0 Å². The SMILES string of the molecule is CC(C)C1(O)CCN2CCCC2C1. The van der Waals surface area contributed by atoms with Crippen molar-refractivity contribution < 1.29 is 5.11 Å². The maximum absolute atomic E-state index is 10.4. The molecule has 1 N–H and O–H groups in total. The zero-order valence-corrected chi connectivity index (χ0v) is 8.79. The summed E-state index contributed by atoms with van der Waals surface area (Å²) in [6.07, 6.45) is 4.61. The number of hydrogen-bond donors (Lipinski definition) is 1. The standard InChI is InChI=1S/C11H21NO/c1-9(2)11(13)5-7-12-6-3-4-10(12)8-11/h9-10,13H,3-8H2,1-2H3. The Bertz CT molecular complexity index is 193. The van der Waals surface area contributed by atoms with Crippen molar-refractivity contribution in [1.29, 1.82) is 0 Å². The van der Waals surface area contributed by atoms with Crippen LogP contribution in [0.3, 0.4) is 0 Å². The maximum Gasteiger partial charge on any atom is 0.0697 e. The van der Waals surface area contributed by atoms with Gasteiger partial charge in [-0.05, 0) is 38.1 Å². The predicted molar refractivity (Wildman–Crippen MR) is 53.6 cm³/mol. The molecule has 0 aromatic carbocycles. The molecule has 2 fully saturated rings. The largest absolute Gasteiger partial charge is 0.390 e. The highest BCUT2D eigenvalue weighted by Crippen LogP contribution is 2.36. The summed E-state index contributed by atoms with van der Waals surface area (Å²) in [5.74, 6) is 0.412. The molecule has 2 saturated heterocycles. The van der Waals surface area contributed by atoms with Gasteiger partial charge in [0.15, 0.2) is 0 Å². The van der Waals surface area contributed by atoms with E-state index >= 15 is 0 Å². The summed E-state index contributed by atoms with van der Waals surface area (Å²) in [6.45, 7) is 6.66. The number of piperidine rings is 1. The fourth-order valence-corrected chi connectivity index (χ4v) is 2.79. The number of hydrogen-bond acceptors (Lipinski definition) is 2. The van der Waals surface area contributed by atoms with Crippen molar-refractivity contribution in [3.8, 4) is 0 Å². The van der Waals surface area contributed by atoms with Crippen molar-refractivity contribution in [3.63, 3.8) is 0 Å². The van der Waals surface area contributed by atoms with Crippen LogP contribution in [-0.2, 0) is 0 Å². The lowest BCUT2D eigenvalue weighted by molar-refractivity contribution is -0.0691. The van der Waals surface area contributed by atoms with E-state index in [1.54, 1.807) is 0 Å². The van der Waals surface area contributed by atoms with Gasteiger partial charge in [-0.15, -0.1) is 0 Å². The Kier molecular flexibility index (Phi) is 2.37. The van der Waals surface area contributed by atoms with E-state index in [1.165, 1.54) is 19.4 Å². The second-order valence-corrected chi connectivity index (χ2v) is 5.04. The topological polar surface area (TPSA) is 23.5 Å². The zero-order valence-electron chi connectivity index (χ0n) is 8.79. The normalized spacial score (nSPS) is 41.1. The van der Waals surface area contributed by atoms with Gasteiger partial charge in [0.2, 0.25) is 0 Å². The molecule has 13 heavy (non-hydrogen) atoms. The third-order valence-electron chi connectivity index (χ3n) is 3.99. The Morgan fingerprint density at radius 2 is 2.15 bits per heavy atom. The van der Waals surface area contributed by atoms with Gasteiger partial charge in [-0.3, -0.25) is 0 Å². The highest BCUT2D eigenvalue weighted by atomic mass is 16.3. The van der Waals surface area contributed by atoms with Crippen LogP contribution in [0.15, 0.2) is 0 Å². The lowest BCUT2D eigenvalue weighted by Gasteiger charge is -2.43. The van der Waals surface area contributed by atoms with Gasteiger partial charge in [0.05, 0.1) is 5.60 Å². The van der Waals surface area contributed by atoms with E-state index in [-0.39, 0.29) is 5.60 Å². The molecule has 0 amide bonds. The minimum Gasteiger partial charge on any atom is -0.390 e. The number of fused-ring (bicyclic) bond motifs is 1. The first-order valence-electron chi connectivity index (χ1n) is 5.58. The van der Waals surface area contributed by atoms with Gasteiger partial charge in [0, 0.05) is 12.6 Å². The highest BCUT2D eigenvalue weighted by Gasteiger charge is 2.41. The molecule has 0 aromatic heterocycles. The van der Waals surface area contributed by atoms with Gasteiger partial charge < -0.3 is 10.0 Å². The first-order chi connectivity index (χ1) is 6.12. The molecule has 0 aliphatic carbocycles. The van der Waals surface area contributed by atoms with Crippen LogP contribution < -0.4 is 0 Å². The molecule has 2 heterocycles. The molecule has 2 unspecified atom stereocenters. The molecule has 76 valence electrons. The molecular formula is C11H21NO. The third-order valence-corrected chi connectivity index (χ3v) is 3.99. The predicted octanol–water partition coefficient (Wildman–Crippen LogP) is 1.63. The van der Waals surface area contributed by atoms with E-state index < -0.39 is 0 Å². The van der Waals surface area contributed by atoms with Gasteiger partial charge in [0.25, 0.3) is 0 Å². The van der Waals surface area contributed by atoms with Gasteiger partial charge in [0.1, 0.15) is 0 Å². The molecule has 2 atom stereocenters. The average molecular weight is 183 g/mol. The lowest BCUT2D eigenvalue weighted by Crippen LogP contribution is -2.50. The molecule has 0 radical (unpaired) electrons. The summed E-state index contributed by atoms with van der Waals surface area (Å²) >= 11 is 0. The lowest BCUT2D eigenvalue weighted by atomic mass is 9.78. The molecule has 2 heteroatoms. The number of aliphatic hydroxyl groups is 1. The van der Waals surface area contributed by atoms with Gasteiger partial charge >= 0.3 is 0 Å². The summed E-state index contributed by atoms with van der Waals surface area (Å²) in [5.41, 5.74) is -0.370. The molecule has 0 saturated carbocycles. The molecule has 2 aliphatic heterocycles. The maximum atomic E-state index is 10.4. The summed E-state index contributed by atoms with van der Waals surface area (Å²) in [4.78, 5) is 2.55. The Labute approximate surface area is 80.9 Å². The van der Waals surface area contributed by atoms with Crippen LogP contribution in [0.25, 0.3) is 0 Å². The van der Waals surface area contributed by atoms with E-state index in [1.807, 2.05) is 0 Å². The van der Waals surface area contributed by atoms with Crippen LogP contribution in [0.4, 0.5) is 0 Å². The van der Waals surface area contributed by atoms with Gasteiger partial charge in [-0.25, -0.2) is 0 Å². The Balaban J connectivity index is 2.04. The Morgan fingerprint density at radius 3 is 2.85 bits per heavy atom. The van der Waals surface area contributed by atoms with Crippen molar-refractivity contribution in [2.75, 3.05) is 13.1 Å². The molecule has 0 aromatic rings. The van der Waals surface area contributed by atoms with Crippen molar-refractivity contribution in [1.82, 2.24) is 4.90 Å². The molecule has 2 aliphatic rings. The molecule has 2 nitrogen and oxygen atoms in total. The van der Waals surface area contributed by atoms with Crippen LogP contribution in [0.5, 0.6) is 0 Å². The van der Waals surface area contributed by atoms with Crippen molar-refractivity contribution in [3.05, 3.63) is 0 Å². The fraction of sp³-hybridized carbons (Fsp3) is 1.00. The smallest absolute Gasteiger partial charge is 0.0697 e. The summed E-state index contributed by atoms with van der Waals surface area (Å²) in [6, 6.07) is 0.682. The first kappa shape index (κ1) is 9.47. The minimum atomic E-state index is -0.370. The summed E-state index contributed by atoms with van der Waals surface area (Å²) < 4.78 is 0. The minimum absolute atomic E-state index is 0.370. The molecule has 2 rings (SSSR count). The highest BCUT2D eigenvalue weighted by molar-refractivity contribution is 4.95. The Morgan fingerprint density at radius 1 is 1.38 bits per heavy atom. The molecular weight excluding hydrogens is 162 g/mol. The van der Waals surface area contributed by atoms with Crippen LogP contribution >= 0.6 is 0 Å². The van der Waals surface area contributed by atoms with Crippen LogP contribution in [-0.4, -0.2) is 34.7 Å². The molecule has 0 spiro atoms. The van der Waals surface area contributed by atoms with E-state index in [2.05, 4.69) is 18.7 Å². The monoisotopic (exact) mass is 183 g/mol. The second kappa shape index (κ2) is 3.25. The van der Waals surface area contributed by atoms with Crippen molar-refractivity contribution in [2.45, 2.75) is 51.2 Å². The van der Waals surface area contributed by atoms with Crippen LogP contribution in [0, 0.1) is 5.92 Å². The van der Waals surface area contributed by atoms with Gasteiger partial charge in [-0.2, -0.15) is 0 Å². The Hall–Kier alpha value is -0.0800. The van der Waals surface area contributed by atoms with Crippen LogP contribution in [0.2, 0.25) is 0 Å². The first-order valence-corrected chi connectivity index (χ1v) is 5.58. The van der Waals surface area contributed by atoms with E-state index in [0.29, 0.717) is 12.0 Å². The summed E-state index contributed by atoms with van der Waals surface area (Å²) in [5, 5.41) is 10.4. The quantitative estimate of drug-likeness (QED) is 0.668. The van der Waals surface area contributed by atoms with Gasteiger partial charge in [-0.1, -0.05) is 13.8 Å². The average Bonchev–Trinajstić information content (AvgIpc) is 2.50. The van der Waals surface area contributed by atoms with Crippen LogP contribution in [0.1, 0.15) is 39.5 Å². The number of nitrogens with zero attached hydrogens (tertiary/aromatic N) is 1. The van der Waals surface area contributed by atoms with Crippen molar-refractivity contribution in [2.24, 2.45) is 5.92 Å². The van der Waals surface area contributed by atoms with E-state index in [0.717, 1.165) is 19.4 Å².